The average Bonchev–Trinajstić information content (AvgIpc) is 3.10. The second kappa shape index (κ2) is 5.82. The SMILES string of the molecule is CCCNC(=O)c1sc(NCC2(CC)CC2)cc1N. The second-order valence-corrected chi connectivity index (χ2v) is 6.41. The van der Waals surface area contributed by atoms with E-state index in [0.717, 1.165) is 18.0 Å². The summed E-state index contributed by atoms with van der Waals surface area (Å²) in [5, 5.41) is 7.29. The van der Waals surface area contributed by atoms with Crippen molar-refractivity contribution in [2.75, 3.05) is 24.1 Å². The van der Waals surface area contributed by atoms with Crippen LogP contribution >= 0.6 is 11.3 Å². The van der Waals surface area contributed by atoms with Crippen molar-refractivity contribution in [3.8, 4) is 0 Å². The monoisotopic (exact) mass is 281 g/mol. The molecule has 2 rings (SSSR count). The van der Waals surface area contributed by atoms with Crippen LogP contribution in [0, 0.1) is 5.41 Å². The highest BCUT2D eigenvalue weighted by atomic mass is 32.1. The molecule has 1 heterocycles. The molecular formula is C14H23N3OS. The quantitative estimate of drug-likeness (QED) is 0.719. The third kappa shape index (κ3) is 3.41. The molecule has 0 spiro atoms. The van der Waals surface area contributed by atoms with Crippen molar-refractivity contribution in [1.29, 1.82) is 0 Å². The highest BCUT2D eigenvalue weighted by Crippen LogP contribution is 2.48. The Morgan fingerprint density at radius 2 is 2.21 bits per heavy atom. The predicted octanol–water partition coefficient (Wildman–Crippen LogP) is 3.07. The molecule has 19 heavy (non-hydrogen) atoms. The first-order valence-electron chi connectivity index (χ1n) is 7.01. The summed E-state index contributed by atoms with van der Waals surface area (Å²) in [5.41, 5.74) is 6.97. The highest BCUT2D eigenvalue weighted by molar-refractivity contribution is 7.18. The van der Waals surface area contributed by atoms with Gasteiger partial charge in [-0.05, 0) is 37.2 Å². The summed E-state index contributed by atoms with van der Waals surface area (Å²) >= 11 is 1.45. The van der Waals surface area contributed by atoms with Gasteiger partial charge >= 0.3 is 0 Å². The van der Waals surface area contributed by atoms with Crippen LogP contribution in [0.15, 0.2) is 6.07 Å². The molecule has 1 aliphatic carbocycles. The van der Waals surface area contributed by atoms with Crippen LogP contribution in [-0.4, -0.2) is 19.0 Å². The average molecular weight is 281 g/mol. The summed E-state index contributed by atoms with van der Waals surface area (Å²) in [6, 6.07) is 1.87. The fourth-order valence-electron chi connectivity index (χ4n) is 2.10. The van der Waals surface area contributed by atoms with E-state index in [2.05, 4.69) is 17.6 Å². The lowest BCUT2D eigenvalue weighted by molar-refractivity contribution is 0.0958. The topological polar surface area (TPSA) is 67.2 Å². The molecule has 4 N–H and O–H groups in total. The molecule has 1 saturated carbocycles. The number of carbonyl (C=O) groups excluding carboxylic acids is 1. The number of nitrogens with two attached hydrogens (primary N) is 1. The van der Waals surface area contributed by atoms with Crippen LogP contribution in [0.25, 0.3) is 0 Å². The molecule has 1 aliphatic rings. The molecule has 0 unspecified atom stereocenters. The molecular weight excluding hydrogens is 258 g/mol. The van der Waals surface area contributed by atoms with Crippen LogP contribution in [0.4, 0.5) is 10.7 Å². The summed E-state index contributed by atoms with van der Waals surface area (Å²) in [4.78, 5) is 12.5. The van der Waals surface area contributed by atoms with E-state index in [-0.39, 0.29) is 5.91 Å². The lowest BCUT2D eigenvalue weighted by Gasteiger charge is -2.12. The summed E-state index contributed by atoms with van der Waals surface area (Å²) in [6.07, 6.45) is 4.76. The molecule has 106 valence electrons. The van der Waals surface area contributed by atoms with Crippen LogP contribution < -0.4 is 16.4 Å². The minimum Gasteiger partial charge on any atom is -0.397 e. The van der Waals surface area contributed by atoms with Gasteiger partial charge in [0.1, 0.15) is 4.88 Å². The maximum atomic E-state index is 11.9. The van der Waals surface area contributed by atoms with E-state index in [1.54, 1.807) is 0 Å². The Morgan fingerprint density at radius 3 is 2.79 bits per heavy atom. The van der Waals surface area contributed by atoms with Crippen molar-refractivity contribution in [2.24, 2.45) is 5.41 Å². The van der Waals surface area contributed by atoms with Gasteiger partial charge in [-0.25, -0.2) is 0 Å². The zero-order valence-corrected chi connectivity index (χ0v) is 12.5. The van der Waals surface area contributed by atoms with Crippen LogP contribution in [0.5, 0.6) is 0 Å². The van der Waals surface area contributed by atoms with Gasteiger partial charge in [0.05, 0.1) is 10.7 Å². The molecule has 0 aliphatic heterocycles. The van der Waals surface area contributed by atoms with E-state index in [1.807, 2.05) is 13.0 Å². The number of anilines is 2. The van der Waals surface area contributed by atoms with E-state index in [4.69, 9.17) is 5.73 Å². The maximum absolute atomic E-state index is 11.9. The molecule has 5 heteroatoms. The third-order valence-corrected chi connectivity index (χ3v) is 4.95. The number of nitrogens with one attached hydrogen (secondary N) is 2. The Bertz CT molecular complexity index is 452. The number of amides is 1. The molecule has 1 aromatic rings. The highest BCUT2D eigenvalue weighted by Gasteiger charge is 2.40. The summed E-state index contributed by atoms with van der Waals surface area (Å²) < 4.78 is 0. The lowest BCUT2D eigenvalue weighted by Crippen LogP contribution is -2.23. The Labute approximate surface area is 118 Å². The van der Waals surface area contributed by atoms with E-state index >= 15 is 0 Å². The number of hydrogen-bond acceptors (Lipinski definition) is 4. The Kier molecular flexibility index (Phi) is 4.34. The van der Waals surface area contributed by atoms with Crippen LogP contribution in [0.1, 0.15) is 49.2 Å². The van der Waals surface area contributed by atoms with Gasteiger partial charge < -0.3 is 16.4 Å². The Hall–Kier alpha value is -1.23. The fourth-order valence-corrected chi connectivity index (χ4v) is 2.99. The standard InChI is InChI=1S/C14H23N3OS/c1-3-7-16-13(18)12-10(15)8-11(19-12)17-9-14(4-2)5-6-14/h8,17H,3-7,9,15H2,1-2H3,(H,16,18). The normalized spacial score (nSPS) is 16.1. The number of rotatable bonds is 7. The van der Waals surface area contributed by atoms with Gasteiger partial charge in [-0.15, -0.1) is 11.3 Å². The largest absolute Gasteiger partial charge is 0.397 e. The van der Waals surface area contributed by atoms with Crippen molar-refractivity contribution in [3.05, 3.63) is 10.9 Å². The van der Waals surface area contributed by atoms with Crippen molar-refractivity contribution < 1.29 is 4.79 Å². The van der Waals surface area contributed by atoms with Gasteiger partial charge in [-0.3, -0.25) is 4.79 Å². The van der Waals surface area contributed by atoms with E-state index in [0.29, 0.717) is 22.5 Å². The van der Waals surface area contributed by atoms with Crippen molar-refractivity contribution >= 4 is 27.9 Å². The maximum Gasteiger partial charge on any atom is 0.263 e. The number of nitrogen functional groups attached to an aromatic ring is 1. The van der Waals surface area contributed by atoms with E-state index < -0.39 is 0 Å². The van der Waals surface area contributed by atoms with E-state index in [9.17, 15) is 4.79 Å². The Balaban J connectivity index is 1.94. The lowest BCUT2D eigenvalue weighted by atomic mass is 10.0. The number of carbonyl (C=O) groups is 1. The first kappa shape index (κ1) is 14.2. The van der Waals surface area contributed by atoms with Gasteiger partial charge in [0.2, 0.25) is 0 Å². The van der Waals surface area contributed by atoms with Crippen LogP contribution in [0.2, 0.25) is 0 Å². The number of thiophene rings is 1. The summed E-state index contributed by atoms with van der Waals surface area (Å²) in [7, 11) is 0. The molecule has 1 aromatic heterocycles. The molecule has 0 bridgehead atoms. The van der Waals surface area contributed by atoms with Gasteiger partial charge in [-0.1, -0.05) is 13.8 Å². The van der Waals surface area contributed by atoms with Crippen LogP contribution in [-0.2, 0) is 0 Å². The van der Waals surface area contributed by atoms with Gasteiger partial charge in [0, 0.05) is 13.1 Å². The summed E-state index contributed by atoms with van der Waals surface area (Å²) in [5.74, 6) is -0.0611. The van der Waals surface area contributed by atoms with Gasteiger partial charge in [-0.2, -0.15) is 0 Å². The van der Waals surface area contributed by atoms with Crippen molar-refractivity contribution in [2.45, 2.75) is 39.5 Å². The summed E-state index contributed by atoms with van der Waals surface area (Å²) in [6.45, 7) is 5.95. The molecule has 4 nitrogen and oxygen atoms in total. The minimum absolute atomic E-state index is 0.0611. The molecule has 0 saturated heterocycles. The smallest absolute Gasteiger partial charge is 0.263 e. The van der Waals surface area contributed by atoms with Crippen molar-refractivity contribution in [1.82, 2.24) is 5.32 Å². The minimum atomic E-state index is -0.0611. The first-order chi connectivity index (χ1) is 9.10. The third-order valence-electron chi connectivity index (χ3n) is 3.85. The second-order valence-electron chi connectivity index (χ2n) is 5.36. The first-order valence-corrected chi connectivity index (χ1v) is 7.83. The molecule has 0 radical (unpaired) electrons. The number of hydrogen-bond donors (Lipinski definition) is 3. The molecule has 1 amide bonds. The fraction of sp³-hybridized carbons (Fsp3) is 0.643. The van der Waals surface area contributed by atoms with Crippen LogP contribution in [0.3, 0.4) is 0 Å². The molecule has 0 atom stereocenters. The molecule has 1 fully saturated rings. The predicted molar refractivity (Wildman–Crippen MR) is 81.8 cm³/mol. The zero-order valence-electron chi connectivity index (χ0n) is 11.7. The van der Waals surface area contributed by atoms with Gasteiger partial charge in [0.15, 0.2) is 0 Å². The Morgan fingerprint density at radius 1 is 1.47 bits per heavy atom. The van der Waals surface area contributed by atoms with Gasteiger partial charge in [0.25, 0.3) is 5.91 Å². The van der Waals surface area contributed by atoms with Crippen molar-refractivity contribution in [3.63, 3.8) is 0 Å². The van der Waals surface area contributed by atoms with E-state index in [1.165, 1.54) is 30.6 Å². The zero-order chi connectivity index (χ0) is 13.9. The molecule has 0 aromatic carbocycles.